The second kappa shape index (κ2) is 6.36. The van der Waals surface area contributed by atoms with Crippen LogP contribution in [0.5, 0.6) is 0 Å². The number of halogens is 2. The van der Waals surface area contributed by atoms with E-state index in [4.69, 9.17) is 0 Å². The molecule has 0 spiro atoms. The van der Waals surface area contributed by atoms with E-state index >= 15 is 0 Å². The third-order valence-corrected chi connectivity index (χ3v) is 3.22. The molecule has 1 nitrogen and oxygen atoms in total. The molecule has 1 N–H and O–H groups in total. The Kier molecular flexibility index (Phi) is 5.42. The summed E-state index contributed by atoms with van der Waals surface area (Å²) in [6, 6.07) is 5.42. The van der Waals surface area contributed by atoms with Gasteiger partial charge in [0.05, 0.1) is 4.47 Å². The Morgan fingerprint density at radius 1 is 1.31 bits per heavy atom. The molecule has 0 aliphatic carbocycles. The van der Waals surface area contributed by atoms with Gasteiger partial charge in [-0.3, -0.25) is 0 Å². The summed E-state index contributed by atoms with van der Waals surface area (Å²) in [5.41, 5.74) is 1.11. The monoisotopic (exact) mass is 287 g/mol. The number of hydrogen-bond acceptors (Lipinski definition) is 1. The van der Waals surface area contributed by atoms with Crippen molar-refractivity contribution in [3.63, 3.8) is 0 Å². The molecule has 0 aliphatic rings. The van der Waals surface area contributed by atoms with Gasteiger partial charge in [-0.2, -0.15) is 0 Å². The number of rotatable bonds is 5. The normalized spacial score (nSPS) is 13.1. The van der Waals surface area contributed by atoms with Crippen LogP contribution >= 0.6 is 15.9 Å². The first-order valence-corrected chi connectivity index (χ1v) is 6.48. The molecule has 3 heteroatoms. The van der Waals surface area contributed by atoms with E-state index in [9.17, 15) is 4.39 Å². The number of benzene rings is 1. The van der Waals surface area contributed by atoms with Crippen LogP contribution in [0.2, 0.25) is 0 Å². The van der Waals surface area contributed by atoms with Crippen LogP contribution in [0.15, 0.2) is 22.7 Å². The molecule has 0 amide bonds. The highest BCUT2D eigenvalue weighted by molar-refractivity contribution is 9.10. The fourth-order valence-electron chi connectivity index (χ4n) is 1.49. The van der Waals surface area contributed by atoms with E-state index in [0.29, 0.717) is 10.4 Å². The molecule has 1 aromatic carbocycles. The minimum Gasteiger partial charge on any atom is -0.310 e. The van der Waals surface area contributed by atoms with Crippen molar-refractivity contribution in [2.75, 3.05) is 6.54 Å². The van der Waals surface area contributed by atoms with E-state index in [2.05, 4.69) is 42.0 Å². The fraction of sp³-hybridized carbons (Fsp3) is 0.538. The van der Waals surface area contributed by atoms with Crippen LogP contribution in [-0.4, -0.2) is 6.54 Å². The molecule has 1 rings (SSSR count). The zero-order chi connectivity index (χ0) is 12.1. The van der Waals surface area contributed by atoms with E-state index < -0.39 is 0 Å². The quantitative estimate of drug-likeness (QED) is 0.852. The van der Waals surface area contributed by atoms with E-state index in [1.54, 1.807) is 0 Å². The van der Waals surface area contributed by atoms with Gasteiger partial charge in [0.25, 0.3) is 0 Å². The van der Waals surface area contributed by atoms with Crippen molar-refractivity contribution in [3.8, 4) is 0 Å². The van der Waals surface area contributed by atoms with Crippen molar-refractivity contribution in [3.05, 3.63) is 34.1 Å². The Morgan fingerprint density at radius 3 is 2.56 bits per heavy atom. The molecule has 0 aromatic heterocycles. The van der Waals surface area contributed by atoms with Crippen LogP contribution in [0.1, 0.15) is 38.8 Å². The van der Waals surface area contributed by atoms with Crippen LogP contribution in [0.4, 0.5) is 4.39 Å². The van der Waals surface area contributed by atoms with Crippen LogP contribution in [0.3, 0.4) is 0 Å². The minimum atomic E-state index is -0.210. The van der Waals surface area contributed by atoms with Gasteiger partial charge in [-0.15, -0.1) is 0 Å². The molecule has 0 fully saturated rings. The Balaban J connectivity index is 2.52. The first-order valence-electron chi connectivity index (χ1n) is 5.69. The topological polar surface area (TPSA) is 12.0 Å². The minimum absolute atomic E-state index is 0.210. The SMILES string of the molecule is CC(C)CCNC(C)c1ccc(F)c(Br)c1. The predicted molar refractivity (Wildman–Crippen MR) is 70.0 cm³/mol. The molecule has 90 valence electrons. The van der Waals surface area contributed by atoms with Crippen molar-refractivity contribution in [1.29, 1.82) is 0 Å². The summed E-state index contributed by atoms with van der Waals surface area (Å²) in [6.45, 7) is 7.51. The van der Waals surface area contributed by atoms with Crippen LogP contribution in [0.25, 0.3) is 0 Å². The van der Waals surface area contributed by atoms with E-state index in [-0.39, 0.29) is 11.9 Å². The standard InChI is InChI=1S/C13H19BrFN/c1-9(2)6-7-16-10(3)11-4-5-13(15)12(14)8-11/h4-5,8-10,16H,6-7H2,1-3H3. The predicted octanol–water partition coefficient (Wildman–Crippen LogP) is 4.28. The third-order valence-electron chi connectivity index (χ3n) is 2.62. The second-order valence-electron chi connectivity index (χ2n) is 4.53. The molecule has 0 heterocycles. The summed E-state index contributed by atoms with van der Waals surface area (Å²) in [7, 11) is 0. The first-order chi connectivity index (χ1) is 7.50. The molecule has 0 bridgehead atoms. The van der Waals surface area contributed by atoms with Crippen LogP contribution in [-0.2, 0) is 0 Å². The Hall–Kier alpha value is -0.410. The lowest BCUT2D eigenvalue weighted by atomic mass is 10.1. The van der Waals surface area contributed by atoms with Gasteiger partial charge in [0.2, 0.25) is 0 Å². The molecule has 0 radical (unpaired) electrons. The average molecular weight is 288 g/mol. The molecule has 0 saturated carbocycles. The summed E-state index contributed by atoms with van der Waals surface area (Å²) in [5, 5.41) is 3.43. The first kappa shape index (κ1) is 13.7. The van der Waals surface area contributed by atoms with Gasteiger partial charge in [-0.1, -0.05) is 19.9 Å². The molecule has 1 aromatic rings. The fourth-order valence-corrected chi connectivity index (χ4v) is 1.88. The van der Waals surface area contributed by atoms with E-state index in [1.807, 2.05) is 12.1 Å². The van der Waals surface area contributed by atoms with Crippen molar-refractivity contribution in [1.82, 2.24) is 5.32 Å². The summed E-state index contributed by atoms with van der Waals surface area (Å²) in [4.78, 5) is 0. The Bertz CT molecular complexity index is 339. The summed E-state index contributed by atoms with van der Waals surface area (Å²) in [5.74, 6) is 0.498. The number of hydrogen-bond donors (Lipinski definition) is 1. The van der Waals surface area contributed by atoms with Crippen molar-refractivity contribution >= 4 is 15.9 Å². The molecule has 0 aliphatic heterocycles. The smallest absolute Gasteiger partial charge is 0.137 e. The molecular weight excluding hydrogens is 269 g/mol. The highest BCUT2D eigenvalue weighted by Gasteiger charge is 2.07. The third kappa shape index (κ3) is 4.22. The van der Waals surface area contributed by atoms with E-state index in [1.165, 1.54) is 6.07 Å². The van der Waals surface area contributed by atoms with E-state index in [0.717, 1.165) is 18.5 Å². The largest absolute Gasteiger partial charge is 0.310 e. The highest BCUT2D eigenvalue weighted by atomic mass is 79.9. The lowest BCUT2D eigenvalue weighted by molar-refractivity contribution is 0.496. The van der Waals surface area contributed by atoms with Crippen LogP contribution < -0.4 is 5.32 Å². The average Bonchev–Trinajstić information content (AvgIpc) is 2.21. The van der Waals surface area contributed by atoms with Gasteiger partial charge >= 0.3 is 0 Å². The second-order valence-corrected chi connectivity index (χ2v) is 5.39. The lowest BCUT2D eigenvalue weighted by Crippen LogP contribution is -2.21. The van der Waals surface area contributed by atoms with Gasteiger partial charge in [0.15, 0.2) is 0 Å². The summed E-state index contributed by atoms with van der Waals surface area (Å²) in [6.07, 6.45) is 1.16. The summed E-state index contributed by atoms with van der Waals surface area (Å²) < 4.78 is 13.6. The van der Waals surface area contributed by atoms with Crippen molar-refractivity contribution < 1.29 is 4.39 Å². The number of nitrogens with one attached hydrogen (secondary N) is 1. The summed E-state index contributed by atoms with van der Waals surface area (Å²) >= 11 is 3.20. The van der Waals surface area contributed by atoms with Gasteiger partial charge < -0.3 is 5.32 Å². The molecular formula is C13H19BrFN. The molecule has 16 heavy (non-hydrogen) atoms. The molecule has 1 atom stereocenters. The van der Waals surface area contributed by atoms with Crippen LogP contribution in [0, 0.1) is 11.7 Å². The highest BCUT2D eigenvalue weighted by Crippen LogP contribution is 2.21. The van der Waals surface area contributed by atoms with Crippen molar-refractivity contribution in [2.45, 2.75) is 33.2 Å². The molecule has 0 saturated heterocycles. The maximum absolute atomic E-state index is 13.1. The Morgan fingerprint density at radius 2 is 2.00 bits per heavy atom. The Labute approximate surface area is 106 Å². The molecule has 1 unspecified atom stereocenters. The zero-order valence-electron chi connectivity index (χ0n) is 10.1. The van der Waals surface area contributed by atoms with Crippen molar-refractivity contribution in [2.24, 2.45) is 5.92 Å². The maximum atomic E-state index is 13.1. The van der Waals surface area contributed by atoms with Gasteiger partial charge in [-0.05, 0) is 59.4 Å². The van der Waals surface area contributed by atoms with Gasteiger partial charge in [0, 0.05) is 6.04 Å². The maximum Gasteiger partial charge on any atom is 0.137 e. The van der Waals surface area contributed by atoms with Gasteiger partial charge in [0.1, 0.15) is 5.82 Å². The van der Waals surface area contributed by atoms with Gasteiger partial charge in [-0.25, -0.2) is 4.39 Å². The zero-order valence-corrected chi connectivity index (χ0v) is 11.6. The lowest BCUT2D eigenvalue weighted by Gasteiger charge is -2.15.